The number of thiophene rings is 1. The van der Waals surface area contributed by atoms with E-state index < -0.39 is 87.8 Å². The van der Waals surface area contributed by atoms with Gasteiger partial charge in [-0.3, -0.25) is 4.79 Å². The highest BCUT2D eigenvalue weighted by Crippen LogP contribution is 2.41. The molecule has 5 N–H and O–H groups in total. The standard InChI is InChI=1S/C34H34F6N4O6S2/c1-50-32(47)42-29(28(21-8-4-2-5-9-21)22-10-6-3-7-11-22)31(46)43-30(34(38,39)40)27-17-16-26(51-27)25(20-45)44(19-18-33(35,36)37)52(48,49)24-14-12-23(41)13-15-24/h2-17,25,28-30,45H,18-20,41H2,1H3,(H,42,47)(H,43,46)/t25-,29+,30-/m1/s1. The molecule has 2 amide bonds. The van der Waals surface area contributed by atoms with Crippen LogP contribution in [0.25, 0.3) is 0 Å². The highest BCUT2D eigenvalue weighted by atomic mass is 32.2. The van der Waals surface area contributed by atoms with Crippen molar-refractivity contribution in [3.05, 3.63) is 118 Å². The highest BCUT2D eigenvalue weighted by molar-refractivity contribution is 7.89. The van der Waals surface area contributed by atoms with Crippen molar-refractivity contribution in [3.63, 3.8) is 0 Å². The molecule has 52 heavy (non-hydrogen) atoms. The number of anilines is 1. The van der Waals surface area contributed by atoms with Crippen LogP contribution in [-0.2, 0) is 19.6 Å². The average molecular weight is 773 g/mol. The lowest BCUT2D eigenvalue weighted by Gasteiger charge is -2.30. The maximum atomic E-state index is 14.7. The molecule has 0 aliphatic heterocycles. The summed E-state index contributed by atoms with van der Waals surface area (Å²) in [6, 6.07) is 16.8. The topological polar surface area (TPSA) is 151 Å². The summed E-state index contributed by atoms with van der Waals surface area (Å²) in [6.07, 6.45) is -12.7. The molecule has 4 aromatic rings. The minimum absolute atomic E-state index is 0.158. The third-order valence-electron chi connectivity index (χ3n) is 7.89. The first kappa shape index (κ1) is 40.1. The van der Waals surface area contributed by atoms with Crippen LogP contribution in [0.5, 0.6) is 0 Å². The van der Waals surface area contributed by atoms with Crippen molar-refractivity contribution >= 4 is 39.0 Å². The Balaban J connectivity index is 1.74. The van der Waals surface area contributed by atoms with E-state index in [-0.39, 0.29) is 10.6 Å². The van der Waals surface area contributed by atoms with Gasteiger partial charge in [0.25, 0.3) is 0 Å². The summed E-state index contributed by atoms with van der Waals surface area (Å²) in [5.41, 5.74) is 6.72. The maximum Gasteiger partial charge on any atom is 0.413 e. The normalized spacial score (nSPS) is 14.1. The van der Waals surface area contributed by atoms with Gasteiger partial charge in [-0.15, -0.1) is 11.3 Å². The van der Waals surface area contributed by atoms with E-state index in [0.717, 1.165) is 31.4 Å². The summed E-state index contributed by atoms with van der Waals surface area (Å²) in [6.45, 7) is -2.27. The number of nitrogens with one attached hydrogen (secondary N) is 2. The van der Waals surface area contributed by atoms with E-state index in [0.29, 0.717) is 26.8 Å². The first-order valence-corrected chi connectivity index (χ1v) is 17.7. The minimum atomic E-state index is -5.16. The molecule has 4 rings (SSSR count). The number of ether oxygens (including phenoxy) is 1. The lowest BCUT2D eigenvalue weighted by atomic mass is 9.84. The Hall–Kier alpha value is -4.65. The van der Waals surface area contributed by atoms with Gasteiger partial charge in [-0.05, 0) is 47.5 Å². The molecule has 1 aromatic heterocycles. The number of aliphatic hydroxyl groups excluding tert-OH is 1. The van der Waals surface area contributed by atoms with Crippen molar-refractivity contribution in [1.82, 2.24) is 14.9 Å². The van der Waals surface area contributed by atoms with E-state index in [4.69, 9.17) is 5.73 Å². The van der Waals surface area contributed by atoms with Crippen LogP contribution in [0, 0.1) is 0 Å². The van der Waals surface area contributed by atoms with Crippen molar-refractivity contribution in [2.45, 2.75) is 47.7 Å². The van der Waals surface area contributed by atoms with Gasteiger partial charge in [0.1, 0.15) is 6.04 Å². The third kappa shape index (κ3) is 10.0. The molecular formula is C34H34F6N4O6S2. The van der Waals surface area contributed by atoms with Crippen molar-refractivity contribution in [3.8, 4) is 0 Å². The molecule has 3 atom stereocenters. The fraction of sp³-hybridized carbons (Fsp3) is 0.294. The number of carbonyl (C=O) groups is 2. The fourth-order valence-corrected chi connectivity index (χ4v) is 8.27. The SMILES string of the molecule is COC(=O)N[C@H](C(=O)N[C@H](c1ccc([C@@H](CO)N(CCC(F)(F)F)S(=O)(=O)c2ccc(N)cc2)s1)C(F)(F)F)C(c1ccccc1)c1ccccc1. The van der Waals surface area contributed by atoms with Gasteiger partial charge in [0.2, 0.25) is 15.9 Å². The van der Waals surface area contributed by atoms with E-state index >= 15 is 0 Å². The van der Waals surface area contributed by atoms with Crippen LogP contribution in [0.1, 0.15) is 45.3 Å². The lowest BCUT2D eigenvalue weighted by molar-refractivity contribution is -0.163. The number of hydrogen-bond donors (Lipinski definition) is 4. The van der Waals surface area contributed by atoms with Crippen LogP contribution in [0.4, 0.5) is 36.8 Å². The van der Waals surface area contributed by atoms with E-state index in [1.165, 1.54) is 12.1 Å². The first-order chi connectivity index (χ1) is 24.5. The largest absolute Gasteiger partial charge is 0.453 e. The molecular weight excluding hydrogens is 739 g/mol. The van der Waals surface area contributed by atoms with Gasteiger partial charge in [0, 0.05) is 27.9 Å². The predicted octanol–water partition coefficient (Wildman–Crippen LogP) is 6.28. The van der Waals surface area contributed by atoms with Gasteiger partial charge in [0.15, 0.2) is 6.04 Å². The van der Waals surface area contributed by atoms with Gasteiger partial charge in [-0.2, -0.15) is 30.6 Å². The maximum absolute atomic E-state index is 14.7. The number of hydrogen-bond acceptors (Lipinski definition) is 8. The summed E-state index contributed by atoms with van der Waals surface area (Å²) in [4.78, 5) is 25.1. The van der Waals surface area contributed by atoms with Crippen LogP contribution in [-0.4, -0.2) is 68.5 Å². The van der Waals surface area contributed by atoms with Gasteiger partial charge in [-0.25, -0.2) is 13.2 Å². The number of alkyl halides is 6. The fourth-order valence-electron chi connectivity index (χ4n) is 5.41. The highest BCUT2D eigenvalue weighted by Gasteiger charge is 2.46. The Labute approximate surface area is 299 Å². The molecule has 0 saturated carbocycles. The Morgan fingerprint density at radius 1 is 0.846 bits per heavy atom. The number of halogens is 6. The molecule has 0 spiro atoms. The Bertz CT molecular complexity index is 1850. The third-order valence-corrected chi connectivity index (χ3v) is 11.1. The second-order valence-corrected chi connectivity index (χ2v) is 14.4. The monoisotopic (exact) mass is 772 g/mol. The molecule has 0 aliphatic carbocycles. The van der Waals surface area contributed by atoms with Crippen molar-refractivity contribution in [1.29, 1.82) is 0 Å². The average Bonchev–Trinajstić information content (AvgIpc) is 3.57. The van der Waals surface area contributed by atoms with Gasteiger partial charge < -0.3 is 26.2 Å². The number of rotatable bonds is 14. The number of alkyl carbamates (subject to hydrolysis) is 1. The molecule has 0 radical (unpaired) electrons. The van der Waals surface area contributed by atoms with E-state index in [1.54, 1.807) is 60.7 Å². The number of nitrogen functional groups attached to an aromatic ring is 1. The molecule has 280 valence electrons. The van der Waals surface area contributed by atoms with Crippen LogP contribution < -0.4 is 16.4 Å². The van der Waals surface area contributed by atoms with Crippen LogP contribution >= 0.6 is 11.3 Å². The molecule has 10 nitrogen and oxygen atoms in total. The number of benzene rings is 3. The molecule has 0 unspecified atom stereocenters. The van der Waals surface area contributed by atoms with Gasteiger partial charge in [-0.1, -0.05) is 60.7 Å². The summed E-state index contributed by atoms with van der Waals surface area (Å²) >= 11 is 0.335. The Kier molecular flexibility index (Phi) is 13.0. The van der Waals surface area contributed by atoms with Gasteiger partial charge in [0.05, 0.1) is 31.1 Å². The molecule has 0 fully saturated rings. The Morgan fingerprint density at radius 3 is 1.87 bits per heavy atom. The molecule has 0 bridgehead atoms. The zero-order chi connectivity index (χ0) is 38.3. The molecule has 3 aromatic carbocycles. The number of nitrogens with two attached hydrogens (primary N) is 1. The quantitative estimate of drug-likeness (QED) is 0.0870. The van der Waals surface area contributed by atoms with Crippen molar-refractivity contribution in [2.75, 3.05) is 26.0 Å². The molecule has 0 saturated heterocycles. The zero-order valence-corrected chi connectivity index (χ0v) is 28.9. The Morgan fingerprint density at radius 2 is 1.38 bits per heavy atom. The van der Waals surface area contributed by atoms with E-state index in [2.05, 4.69) is 10.1 Å². The molecule has 1 heterocycles. The van der Waals surface area contributed by atoms with Crippen LogP contribution in [0.2, 0.25) is 0 Å². The minimum Gasteiger partial charge on any atom is -0.453 e. The summed E-state index contributed by atoms with van der Waals surface area (Å²) in [5.74, 6) is -2.27. The second kappa shape index (κ2) is 16.8. The number of carbonyl (C=O) groups excluding carboxylic acids is 2. The predicted molar refractivity (Wildman–Crippen MR) is 181 cm³/mol. The smallest absolute Gasteiger partial charge is 0.413 e. The van der Waals surface area contributed by atoms with Crippen LogP contribution in [0.15, 0.2) is 102 Å². The van der Waals surface area contributed by atoms with E-state index in [1.807, 2.05) is 5.32 Å². The number of methoxy groups -OCH3 is 1. The van der Waals surface area contributed by atoms with Crippen molar-refractivity contribution < 1.29 is 54.2 Å². The zero-order valence-electron chi connectivity index (χ0n) is 27.3. The first-order valence-electron chi connectivity index (χ1n) is 15.4. The molecule has 0 aliphatic rings. The second-order valence-electron chi connectivity index (χ2n) is 11.4. The number of amides is 2. The number of sulfonamides is 1. The van der Waals surface area contributed by atoms with Gasteiger partial charge >= 0.3 is 18.4 Å². The lowest BCUT2D eigenvalue weighted by Crippen LogP contribution is -2.52. The van der Waals surface area contributed by atoms with Crippen LogP contribution in [0.3, 0.4) is 0 Å². The summed E-state index contributed by atoms with van der Waals surface area (Å²) < 4.78 is 116. The van der Waals surface area contributed by atoms with Crippen molar-refractivity contribution in [2.24, 2.45) is 0 Å². The summed E-state index contributed by atoms with van der Waals surface area (Å²) in [5, 5.41) is 14.6. The number of aliphatic hydroxyl groups is 1. The molecule has 18 heteroatoms. The number of nitrogens with zero attached hydrogens (tertiary/aromatic N) is 1. The van der Waals surface area contributed by atoms with E-state index in [9.17, 15) is 49.5 Å². The summed E-state index contributed by atoms with van der Waals surface area (Å²) in [7, 11) is -3.75.